The van der Waals surface area contributed by atoms with Gasteiger partial charge in [-0.2, -0.15) is 5.10 Å². The van der Waals surface area contributed by atoms with E-state index in [2.05, 4.69) is 17.0 Å². The van der Waals surface area contributed by atoms with Crippen LogP contribution < -0.4 is 4.74 Å². The second-order valence-electron chi connectivity index (χ2n) is 9.70. The summed E-state index contributed by atoms with van der Waals surface area (Å²) in [7, 11) is 3.90. The summed E-state index contributed by atoms with van der Waals surface area (Å²) in [5, 5.41) is 4.92. The third-order valence-corrected chi connectivity index (χ3v) is 7.31. The highest BCUT2D eigenvalue weighted by Crippen LogP contribution is 2.37. The molecule has 9 heteroatoms. The molecule has 0 saturated carbocycles. The normalized spacial score (nSPS) is 18.7. The Labute approximate surface area is 206 Å². The van der Waals surface area contributed by atoms with Gasteiger partial charge < -0.3 is 19.4 Å². The van der Waals surface area contributed by atoms with Crippen LogP contribution >= 0.6 is 11.6 Å². The molecule has 2 saturated heterocycles. The zero-order valence-corrected chi connectivity index (χ0v) is 21.1. The molecule has 184 valence electrons. The maximum absolute atomic E-state index is 13.3. The van der Waals surface area contributed by atoms with Gasteiger partial charge >= 0.3 is 0 Å². The highest BCUT2D eigenvalue weighted by Gasteiger charge is 2.40. The first kappa shape index (κ1) is 24.5. The van der Waals surface area contributed by atoms with Gasteiger partial charge in [-0.3, -0.25) is 14.3 Å². The van der Waals surface area contributed by atoms with E-state index in [4.69, 9.17) is 16.3 Å². The maximum Gasteiger partial charge on any atom is 0.257 e. The number of rotatable bonds is 6. The number of aryl methyl sites for hydroxylation is 2. The summed E-state index contributed by atoms with van der Waals surface area (Å²) in [6.45, 7) is 6.74. The smallest absolute Gasteiger partial charge is 0.257 e. The van der Waals surface area contributed by atoms with Crippen LogP contribution in [0, 0.1) is 12.3 Å². The second-order valence-corrected chi connectivity index (χ2v) is 10.1. The van der Waals surface area contributed by atoms with Gasteiger partial charge in [-0.1, -0.05) is 17.7 Å². The fourth-order valence-electron chi connectivity index (χ4n) is 4.82. The van der Waals surface area contributed by atoms with Crippen molar-refractivity contribution < 1.29 is 14.3 Å². The Kier molecular flexibility index (Phi) is 7.48. The summed E-state index contributed by atoms with van der Waals surface area (Å²) in [5.74, 6) is 0.870. The minimum absolute atomic E-state index is 0.000328. The van der Waals surface area contributed by atoms with Crippen LogP contribution in [0.2, 0.25) is 5.02 Å². The Balaban J connectivity index is 1.46. The molecular weight excluding hydrogens is 454 g/mol. The molecule has 0 aliphatic carbocycles. The Hall–Kier alpha value is -2.58. The molecule has 1 aromatic heterocycles. The number of carbonyl (C=O) groups excluding carboxylic acids is 2. The molecule has 2 aliphatic rings. The van der Waals surface area contributed by atoms with Crippen LogP contribution in [0.15, 0.2) is 30.5 Å². The number of halogens is 1. The molecule has 2 aromatic rings. The summed E-state index contributed by atoms with van der Waals surface area (Å²) >= 11 is 6.13. The number of likely N-dealkylation sites (N-methyl/N-ethyl adjacent to an activating group) is 1. The van der Waals surface area contributed by atoms with Crippen LogP contribution in [0.5, 0.6) is 5.75 Å². The van der Waals surface area contributed by atoms with E-state index in [1.807, 2.05) is 42.0 Å². The van der Waals surface area contributed by atoms with E-state index in [0.29, 0.717) is 55.3 Å². The first-order chi connectivity index (χ1) is 16.2. The van der Waals surface area contributed by atoms with Crippen molar-refractivity contribution in [1.82, 2.24) is 24.5 Å². The first-order valence-electron chi connectivity index (χ1n) is 11.9. The molecule has 0 unspecified atom stereocenters. The van der Waals surface area contributed by atoms with Gasteiger partial charge in [0.1, 0.15) is 5.75 Å². The Bertz CT molecular complexity index is 1020. The van der Waals surface area contributed by atoms with E-state index < -0.39 is 0 Å². The molecule has 34 heavy (non-hydrogen) atoms. The third-order valence-electron chi connectivity index (χ3n) is 7.08. The minimum Gasteiger partial charge on any atom is -0.493 e. The Morgan fingerprint density at radius 2 is 1.76 bits per heavy atom. The molecule has 4 rings (SSSR count). The summed E-state index contributed by atoms with van der Waals surface area (Å²) < 4.78 is 7.83. The van der Waals surface area contributed by atoms with Crippen molar-refractivity contribution in [2.24, 2.45) is 12.5 Å². The van der Waals surface area contributed by atoms with E-state index in [1.165, 1.54) is 0 Å². The monoisotopic (exact) mass is 487 g/mol. The molecule has 0 N–H and O–H groups in total. The third kappa shape index (κ3) is 5.73. The number of aromatic nitrogens is 2. The number of likely N-dealkylation sites (tertiary alicyclic amines) is 1. The first-order valence-corrected chi connectivity index (χ1v) is 12.3. The number of piperazine rings is 1. The van der Waals surface area contributed by atoms with Gasteiger partial charge in [0.05, 0.1) is 17.9 Å². The molecule has 2 amide bonds. The van der Waals surface area contributed by atoms with E-state index in [0.717, 1.165) is 31.9 Å². The number of ether oxygens (including phenoxy) is 1. The molecule has 8 nitrogen and oxygen atoms in total. The lowest BCUT2D eigenvalue weighted by molar-refractivity contribution is -0.136. The molecule has 2 fully saturated rings. The predicted molar refractivity (Wildman–Crippen MR) is 131 cm³/mol. The van der Waals surface area contributed by atoms with Gasteiger partial charge in [-0.25, -0.2) is 0 Å². The molecule has 0 spiro atoms. The molecular formula is C25H34ClN5O3. The fourth-order valence-corrected chi connectivity index (χ4v) is 5.00. The van der Waals surface area contributed by atoms with Crippen molar-refractivity contribution in [3.8, 4) is 5.75 Å². The molecule has 2 aliphatic heterocycles. The summed E-state index contributed by atoms with van der Waals surface area (Å²) in [5.41, 5.74) is 1.04. The van der Waals surface area contributed by atoms with E-state index in [-0.39, 0.29) is 17.2 Å². The zero-order chi connectivity index (χ0) is 24.3. The van der Waals surface area contributed by atoms with Crippen LogP contribution in [0.4, 0.5) is 0 Å². The largest absolute Gasteiger partial charge is 0.493 e. The molecule has 0 bridgehead atoms. The lowest BCUT2D eigenvalue weighted by atomic mass is 9.75. The molecule has 3 heterocycles. The van der Waals surface area contributed by atoms with Crippen molar-refractivity contribution in [2.45, 2.75) is 26.2 Å². The topological polar surface area (TPSA) is 70.9 Å². The minimum atomic E-state index is -0.330. The van der Waals surface area contributed by atoms with Gasteiger partial charge in [0.25, 0.3) is 5.91 Å². The second kappa shape index (κ2) is 10.4. The van der Waals surface area contributed by atoms with E-state index >= 15 is 0 Å². The fraction of sp³-hybridized carbons (Fsp3) is 0.560. The number of hydrogen-bond acceptors (Lipinski definition) is 5. The average Bonchev–Trinajstić information content (AvgIpc) is 3.16. The lowest BCUT2D eigenvalue weighted by Gasteiger charge is -2.42. The van der Waals surface area contributed by atoms with Crippen molar-refractivity contribution >= 4 is 23.4 Å². The number of nitrogens with zero attached hydrogens (tertiary/aromatic N) is 5. The van der Waals surface area contributed by atoms with E-state index in [1.54, 1.807) is 16.9 Å². The quantitative estimate of drug-likeness (QED) is 0.626. The van der Waals surface area contributed by atoms with Crippen molar-refractivity contribution in [1.29, 1.82) is 0 Å². The highest BCUT2D eigenvalue weighted by atomic mass is 35.5. The number of piperidine rings is 1. The summed E-state index contributed by atoms with van der Waals surface area (Å²) in [6, 6.07) is 7.34. The number of carbonyl (C=O) groups is 2. The Morgan fingerprint density at radius 1 is 1.06 bits per heavy atom. The van der Waals surface area contributed by atoms with Gasteiger partial charge in [-0.15, -0.1) is 0 Å². The van der Waals surface area contributed by atoms with Gasteiger partial charge in [-0.05, 0) is 45.0 Å². The van der Waals surface area contributed by atoms with E-state index in [9.17, 15) is 9.59 Å². The highest BCUT2D eigenvalue weighted by molar-refractivity contribution is 6.30. The van der Waals surface area contributed by atoms with Gasteiger partial charge in [0.2, 0.25) is 5.91 Å². The maximum atomic E-state index is 13.3. The van der Waals surface area contributed by atoms with Crippen molar-refractivity contribution in [3.63, 3.8) is 0 Å². The van der Waals surface area contributed by atoms with Crippen LogP contribution in [0.3, 0.4) is 0 Å². The SMILES string of the molecule is Cc1nn(C)cc1C(=O)N1CCC(COc2cccc(Cl)c2)(CC(=O)N2CCN(C)CC2)CC1. The summed E-state index contributed by atoms with van der Waals surface area (Å²) in [6.07, 6.45) is 3.61. The molecule has 0 radical (unpaired) electrons. The van der Waals surface area contributed by atoms with Gasteiger partial charge in [0.15, 0.2) is 0 Å². The molecule has 0 atom stereocenters. The Morgan fingerprint density at radius 3 is 2.38 bits per heavy atom. The summed E-state index contributed by atoms with van der Waals surface area (Å²) in [4.78, 5) is 32.5. The molecule has 1 aromatic carbocycles. The number of benzene rings is 1. The van der Waals surface area contributed by atoms with Crippen LogP contribution in [0.25, 0.3) is 0 Å². The number of amides is 2. The average molecular weight is 488 g/mol. The zero-order valence-electron chi connectivity index (χ0n) is 20.3. The van der Waals surface area contributed by atoms with Crippen molar-refractivity contribution in [3.05, 3.63) is 46.7 Å². The lowest BCUT2D eigenvalue weighted by Crippen LogP contribution is -2.51. The van der Waals surface area contributed by atoms with Crippen LogP contribution in [-0.4, -0.2) is 89.2 Å². The van der Waals surface area contributed by atoms with Crippen LogP contribution in [0.1, 0.15) is 35.3 Å². The number of hydrogen-bond donors (Lipinski definition) is 0. The van der Waals surface area contributed by atoms with Crippen LogP contribution in [-0.2, 0) is 11.8 Å². The standard InChI is InChI=1S/C25H34ClN5O3/c1-19-22(17-29(3)27-19)24(33)31-9-7-25(8-10-31,18-34-21-6-4-5-20(26)15-21)16-23(32)30-13-11-28(2)12-14-30/h4-6,15,17H,7-14,16,18H2,1-3H3. The van der Waals surface area contributed by atoms with Gasteiger partial charge in [0, 0.05) is 69.4 Å². The van der Waals surface area contributed by atoms with Crippen molar-refractivity contribution in [2.75, 3.05) is 52.9 Å². The predicted octanol–water partition coefficient (Wildman–Crippen LogP) is 2.85.